The zero-order valence-corrected chi connectivity index (χ0v) is 14.1. The third-order valence-electron chi connectivity index (χ3n) is 4.15. The molecule has 2 heterocycles. The molecule has 0 aromatic heterocycles. The average molecular weight is 355 g/mol. The van der Waals surface area contributed by atoms with Crippen LogP contribution in [0.4, 0.5) is 11.4 Å². The number of nitrogens with zero attached hydrogens (tertiary/aromatic N) is 3. The Morgan fingerprint density at radius 3 is 2.62 bits per heavy atom. The zero-order valence-electron chi connectivity index (χ0n) is 13.3. The van der Waals surface area contributed by atoms with Crippen LogP contribution >= 0.6 is 0 Å². The number of nitro benzene ring substituents is 1. The Kier molecular flexibility index (Phi) is 4.41. The lowest BCUT2D eigenvalue weighted by molar-refractivity contribution is -0.384. The van der Waals surface area contributed by atoms with Crippen molar-refractivity contribution < 1.29 is 22.1 Å². The van der Waals surface area contributed by atoms with E-state index in [0.29, 0.717) is 50.9 Å². The monoisotopic (exact) mass is 355 g/mol. The molecule has 1 fully saturated rings. The summed E-state index contributed by atoms with van der Waals surface area (Å²) >= 11 is 0. The molecule has 0 radical (unpaired) electrons. The summed E-state index contributed by atoms with van der Waals surface area (Å²) in [4.78, 5) is 12.7. The van der Waals surface area contributed by atoms with Gasteiger partial charge in [0, 0.05) is 26.1 Å². The highest BCUT2D eigenvalue weighted by atomic mass is 32.2. The van der Waals surface area contributed by atoms with Crippen LogP contribution in [0, 0.1) is 10.1 Å². The standard InChI is InChI=1S/C14H18N4O5S/c1-11-15-4-5-17(11)24(21,22)12-2-3-13(14(10-12)18(19)20)16-6-8-23-9-7-16/h2-3,10H,4-9H2,1H3/p+1. The van der Waals surface area contributed by atoms with Crippen LogP contribution < -0.4 is 10.2 Å². The summed E-state index contributed by atoms with van der Waals surface area (Å²) < 4.78 is 31.9. The van der Waals surface area contributed by atoms with Gasteiger partial charge >= 0.3 is 10.0 Å². The Balaban J connectivity index is 2.03. The van der Waals surface area contributed by atoms with Crippen molar-refractivity contribution in [3.05, 3.63) is 28.3 Å². The van der Waals surface area contributed by atoms with Crippen LogP contribution in [0.15, 0.2) is 23.1 Å². The summed E-state index contributed by atoms with van der Waals surface area (Å²) in [5.41, 5.74) is 0.213. The lowest BCUT2D eigenvalue weighted by atomic mass is 10.2. The molecule has 1 aromatic rings. The van der Waals surface area contributed by atoms with Gasteiger partial charge in [0.2, 0.25) is 0 Å². The minimum Gasteiger partial charge on any atom is -0.378 e. The maximum absolute atomic E-state index is 12.7. The second-order valence-corrected chi connectivity index (χ2v) is 7.46. The first-order valence-corrected chi connectivity index (χ1v) is 9.06. The Labute approximate surface area is 139 Å². The number of ether oxygens (including phenoxy) is 1. The highest BCUT2D eigenvalue weighted by Crippen LogP contribution is 2.32. The van der Waals surface area contributed by atoms with Gasteiger partial charge in [0.25, 0.3) is 11.5 Å². The number of sulfonamides is 1. The fourth-order valence-corrected chi connectivity index (χ4v) is 4.42. The molecule has 2 aliphatic heterocycles. The van der Waals surface area contributed by atoms with Crippen molar-refractivity contribution in [1.29, 1.82) is 0 Å². The molecule has 0 saturated carbocycles. The highest BCUT2D eigenvalue weighted by molar-refractivity contribution is 7.85. The first-order valence-electron chi connectivity index (χ1n) is 7.62. The molecule has 3 rings (SSSR count). The normalized spacial score (nSPS) is 18.6. The van der Waals surface area contributed by atoms with Gasteiger partial charge in [-0.05, 0) is 12.1 Å². The van der Waals surface area contributed by atoms with Gasteiger partial charge in [-0.1, -0.05) is 0 Å². The van der Waals surface area contributed by atoms with Crippen LogP contribution in [0.1, 0.15) is 6.92 Å². The summed E-state index contributed by atoms with van der Waals surface area (Å²) in [5, 5.41) is 14.4. The topological polar surface area (TPSA) is 105 Å². The summed E-state index contributed by atoms with van der Waals surface area (Å²) in [6.07, 6.45) is 0. The van der Waals surface area contributed by atoms with Crippen LogP contribution in [-0.2, 0) is 14.8 Å². The Bertz CT molecular complexity index is 799. The quantitative estimate of drug-likeness (QED) is 0.466. The number of amidine groups is 1. The van der Waals surface area contributed by atoms with Gasteiger partial charge in [-0.3, -0.25) is 15.4 Å². The smallest absolute Gasteiger partial charge is 0.331 e. The third kappa shape index (κ3) is 2.94. The lowest BCUT2D eigenvalue weighted by Gasteiger charge is -2.28. The van der Waals surface area contributed by atoms with Crippen molar-refractivity contribution in [2.45, 2.75) is 11.8 Å². The molecule has 0 atom stereocenters. The maximum atomic E-state index is 12.7. The van der Waals surface area contributed by atoms with Crippen LogP contribution in [-0.4, -0.2) is 62.6 Å². The van der Waals surface area contributed by atoms with Crippen LogP contribution in [0.5, 0.6) is 0 Å². The third-order valence-corrected chi connectivity index (χ3v) is 6.04. The molecule has 0 amide bonds. The number of nitrogens with one attached hydrogen (secondary N) is 1. The summed E-state index contributed by atoms with van der Waals surface area (Å²) in [7, 11) is -3.81. The van der Waals surface area contributed by atoms with E-state index in [2.05, 4.69) is 5.32 Å². The van der Waals surface area contributed by atoms with Crippen molar-refractivity contribution in [3.8, 4) is 0 Å². The number of hydrogen-bond donors (Lipinski definition) is 1. The molecule has 0 unspecified atom stereocenters. The number of benzene rings is 1. The van der Waals surface area contributed by atoms with E-state index in [1.165, 1.54) is 16.1 Å². The number of nitro groups is 1. The van der Waals surface area contributed by atoms with Gasteiger partial charge in [0.05, 0.1) is 18.1 Å². The predicted molar refractivity (Wildman–Crippen MR) is 87.1 cm³/mol. The molecule has 0 bridgehead atoms. The minimum atomic E-state index is -3.81. The fourth-order valence-electron chi connectivity index (χ4n) is 2.90. The average Bonchev–Trinajstić information content (AvgIpc) is 3.02. The van der Waals surface area contributed by atoms with Crippen molar-refractivity contribution in [3.63, 3.8) is 0 Å². The summed E-state index contributed by atoms with van der Waals surface area (Å²) in [5.74, 6) is 0.523. The SMILES string of the molecule is CC1=[N+](S(=O)(=O)c2ccc(N3CCOCC3)c([N+](=O)[O-])c2)CCN1. The first-order chi connectivity index (χ1) is 11.4. The van der Waals surface area contributed by atoms with Gasteiger partial charge in [-0.2, -0.15) is 8.42 Å². The summed E-state index contributed by atoms with van der Waals surface area (Å²) in [6.45, 7) is 4.56. The van der Waals surface area contributed by atoms with E-state index in [9.17, 15) is 18.5 Å². The molecular weight excluding hydrogens is 336 g/mol. The number of hydrogen-bond acceptors (Lipinski definition) is 7. The number of anilines is 1. The van der Waals surface area contributed by atoms with Crippen molar-refractivity contribution >= 4 is 27.2 Å². The maximum Gasteiger partial charge on any atom is 0.331 e. The van der Waals surface area contributed by atoms with Crippen LogP contribution in [0.3, 0.4) is 0 Å². The second kappa shape index (κ2) is 6.36. The van der Waals surface area contributed by atoms with E-state index in [0.717, 1.165) is 6.07 Å². The van der Waals surface area contributed by atoms with Gasteiger partial charge in [0.15, 0.2) is 0 Å². The minimum absolute atomic E-state index is 0.0748. The van der Waals surface area contributed by atoms with E-state index in [-0.39, 0.29) is 10.6 Å². The largest absolute Gasteiger partial charge is 0.378 e. The predicted octanol–water partition coefficient (Wildman–Crippen LogP) is 0.154. The molecule has 10 heteroatoms. The van der Waals surface area contributed by atoms with Crippen LogP contribution in [0.25, 0.3) is 0 Å². The van der Waals surface area contributed by atoms with Gasteiger partial charge in [0.1, 0.15) is 23.7 Å². The molecule has 0 aliphatic carbocycles. The molecule has 2 aliphatic rings. The Morgan fingerprint density at radius 2 is 2.04 bits per heavy atom. The molecule has 1 aromatic carbocycles. The van der Waals surface area contributed by atoms with Crippen molar-refractivity contribution in [2.24, 2.45) is 0 Å². The lowest BCUT2D eigenvalue weighted by Crippen LogP contribution is -2.36. The van der Waals surface area contributed by atoms with Gasteiger partial charge in [-0.15, -0.1) is 3.98 Å². The molecule has 1 saturated heterocycles. The molecule has 0 spiro atoms. The highest BCUT2D eigenvalue weighted by Gasteiger charge is 2.33. The molecule has 1 N–H and O–H groups in total. The first kappa shape index (κ1) is 16.7. The Morgan fingerprint density at radius 1 is 1.33 bits per heavy atom. The van der Waals surface area contributed by atoms with Crippen molar-refractivity contribution in [2.75, 3.05) is 44.3 Å². The molecule has 130 valence electrons. The van der Waals surface area contributed by atoms with E-state index < -0.39 is 14.9 Å². The van der Waals surface area contributed by atoms with Crippen molar-refractivity contribution in [1.82, 2.24) is 5.32 Å². The zero-order chi connectivity index (χ0) is 17.3. The van der Waals surface area contributed by atoms with Gasteiger partial charge < -0.3 is 9.64 Å². The number of rotatable bonds is 4. The van der Waals surface area contributed by atoms with Crippen LogP contribution in [0.2, 0.25) is 0 Å². The summed E-state index contributed by atoms with van der Waals surface area (Å²) in [6, 6.07) is 4.08. The molecular formula is C14H19N4O5S+. The molecule has 24 heavy (non-hydrogen) atoms. The van der Waals surface area contributed by atoms with E-state index in [1.807, 2.05) is 4.90 Å². The second-order valence-electron chi connectivity index (χ2n) is 5.60. The number of morpholine rings is 1. The fraction of sp³-hybridized carbons (Fsp3) is 0.500. The van der Waals surface area contributed by atoms with E-state index in [1.54, 1.807) is 6.92 Å². The van der Waals surface area contributed by atoms with E-state index >= 15 is 0 Å². The molecule has 9 nitrogen and oxygen atoms in total. The van der Waals surface area contributed by atoms with E-state index in [4.69, 9.17) is 4.74 Å². The van der Waals surface area contributed by atoms with Gasteiger partial charge in [-0.25, -0.2) is 0 Å². The Hall–Kier alpha value is -2.20.